The zero-order chi connectivity index (χ0) is 10.8. The van der Waals surface area contributed by atoms with Crippen molar-refractivity contribution in [2.24, 2.45) is 5.92 Å². The molecule has 1 saturated carbocycles. The predicted octanol–water partition coefficient (Wildman–Crippen LogP) is 2.68. The van der Waals surface area contributed by atoms with Gasteiger partial charge in [-0.05, 0) is 30.5 Å². The highest BCUT2D eigenvalue weighted by molar-refractivity contribution is 6.35. The fourth-order valence-corrected chi connectivity index (χ4v) is 3.52. The Balaban J connectivity index is 1.96. The molecule has 82 valence electrons. The standard InChI is InChI=1S/C13H13ClN2/c14-11-3-1-2-9-10(6-16-12(9)11)13-4-8(13)5-15-7-13/h1-3,6,8,15-16H,4-5,7H2. The molecule has 0 spiro atoms. The summed E-state index contributed by atoms with van der Waals surface area (Å²) in [6, 6.07) is 6.16. The van der Waals surface area contributed by atoms with Crippen LogP contribution in [-0.4, -0.2) is 18.1 Å². The number of nitrogens with one attached hydrogen (secondary N) is 2. The third-order valence-electron chi connectivity index (χ3n) is 4.26. The smallest absolute Gasteiger partial charge is 0.0647 e. The maximum Gasteiger partial charge on any atom is 0.0647 e. The Kier molecular flexibility index (Phi) is 1.60. The molecule has 0 amide bonds. The van der Waals surface area contributed by atoms with E-state index in [1.165, 1.54) is 23.9 Å². The lowest BCUT2D eigenvalue weighted by Gasteiger charge is -2.10. The molecule has 2 aliphatic rings. The molecule has 1 aliphatic carbocycles. The van der Waals surface area contributed by atoms with Crippen LogP contribution in [0, 0.1) is 5.92 Å². The van der Waals surface area contributed by atoms with Gasteiger partial charge in [0.1, 0.15) is 0 Å². The average molecular weight is 233 g/mol. The van der Waals surface area contributed by atoms with Crippen LogP contribution in [0.15, 0.2) is 24.4 Å². The lowest BCUT2D eigenvalue weighted by atomic mass is 9.95. The van der Waals surface area contributed by atoms with Crippen LogP contribution in [0.3, 0.4) is 0 Å². The third kappa shape index (κ3) is 0.969. The van der Waals surface area contributed by atoms with E-state index in [1.807, 2.05) is 12.1 Å². The molecule has 16 heavy (non-hydrogen) atoms. The third-order valence-corrected chi connectivity index (χ3v) is 4.58. The minimum atomic E-state index is 0.406. The van der Waals surface area contributed by atoms with E-state index in [0.29, 0.717) is 5.41 Å². The molecular formula is C13H13ClN2. The number of para-hydroxylation sites is 1. The molecular weight excluding hydrogens is 220 g/mol. The van der Waals surface area contributed by atoms with Crippen molar-refractivity contribution >= 4 is 22.5 Å². The molecule has 3 heteroatoms. The van der Waals surface area contributed by atoms with Gasteiger partial charge >= 0.3 is 0 Å². The molecule has 0 radical (unpaired) electrons. The number of H-pyrrole nitrogens is 1. The van der Waals surface area contributed by atoms with E-state index in [0.717, 1.165) is 23.0 Å². The Bertz CT molecular complexity index is 574. The molecule has 1 aliphatic heterocycles. The fourth-order valence-electron chi connectivity index (χ4n) is 3.29. The number of hydrogen-bond acceptors (Lipinski definition) is 1. The first kappa shape index (κ1) is 9.08. The highest BCUT2D eigenvalue weighted by Crippen LogP contribution is 2.58. The molecule has 2 atom stereocenters. The van der Waals surface area contributed by atoms with Crippen LogP contribution in [0.1, 0.15) is 12.0 Å². The lowest BCUT2D eigenvalue weighted by molar-refractivity contribution is 0.680. The van der Waals surface area contributed by atoms with E-state index in [-0.39, 0.29) is 0 Å². The summed E-state index contributed by atoms with van der Waals surface area (Å²) in [6.07, 6.45) is 3.49. The number of fused-ring (bicyclic) bond motifs is 2. The van der Waals surface area contributed by atoms with Gasteiger partial charge in [0.15, 0.2) is 0 Å². The van der Waals surface area contributed by atoms with Crippen LogP contribution in [0.25, 0.3) is 10.9 Å². The summed E-state index contributed by atoms with van der Waals surface area (Å²) in [6.45, 7) is 2.30. The minimum absolute atomic E-state index is 0.406. The van der Waals surface area contributed by atoms with Gasteiger partial charge in [0, 0.05) is 23.5 Å². The van der Waals surface area contributed by atoms with Gasteiger partial charge in [-0.1, -0.05) is 23.7 Å². The van der Waals surface area contributed by atoms with Gasteiger partial charge in [-0.15, -0.1) is 0 Å². The number of benzene rings is 1. The van der Waals surface area contributed by atoms with Crippen molar-refractivity contribution in [1.29, 1.82) is 0 Å². The number of aromatic amines is 1. The summed E-state index contributed by atoms with van der Waals surface area (Å²) in [5.74, 6) is 0.838. The predicted molar refractivity (Wildman–Crippen MR) is 66.0 cm³/mol. The molecule has 4 rings (SSSR count). The number of hydrogen-bond donors (Lipinski definition) is 2. The second-order valence-corrected chi connectivity index (χ2v) is 5.46. The van der Waals surface area contributed by atoms with Crippen molar-refractivity contribution in [3.8, 4) is 0 Å². The summed E-state index contributed by atoms with van der Waals surface area (Å²) in [5.41, 5.74) is 2.95. The summed E-state index contributed by atoms with van der Waals surface area (Å²) >= 11 is 6.19. The van der Waals surface area contributed by atoms with Gasteiger partial charge < -0.3 is 10.3 Å². The lowest BCUT2D eigenvalue weighted by Crippen LogP contribution is -2.18. The Morgan fingerprint density at radius 3 is 3.06 bits per heavy atom. The Morgan fingerprint density at radius 2 is 2.31 bits per heavy atom. The second kappa shape index (κ2) is 2.82. The quantitative estimate of drug-likeness (QED) is 0.778. The van der Waals surface area contributed by atoms with Crippen LogP contribution in [0.4, 0.5) is 0 Å². The Labute approximate surface area is 99.0 Å². The van der Waals surface area contributed by atoms with Crippen LogP contribution < -0.4 is 5.32 Å². The van der Waals surface area contributed by atoms with E-state index < -0.39 is 0 Å². The summed E-state index contributed by atoms with van der Waals surface area (Å²) in [4.78, 5) is 3.33. The fraction of sp³-hybridized carbons (Fsp3) is 0.385. The number of aromatic nitrogens is 1. The summed E-state index contributed by atoms with van der Waals surface area (Å²) < 4.78 is 0. The van der Waals surface area contributed by atoms with Gasteiger partial charge in [-0.2, -0.15) is 0 Å². The molecule has 2 aromatic rings. The first-order valence-electron chi connectivity index (χ1n) is 5.78. The van der Waals surface area contributed by atoms with E-state index in [2.05, 4.69) is 22.6 Å². The van der Waals surface area contributed by atoms with E-state index in [1.54, 1.807) is 0 Å². The van der Waals surface area contributed by atoms with Crippen LogP contribution in [0.2, 0.25) is 5.02 Å². The highest BCUT2D eigenvalue weighted by atomic mass is 35.5. The number of halogens is 1. The highest BCUT2D eigenvalue weighted by Gasteiger charge is 2.58. The van der Waals surface area contributed by atoms with Crippen molar-refractivity contribution in [3.05, 3.63) is 35.0 Å². The average Bonchev–Trinajstić information content (AvgIpc) is 2.70. The molecule has 2 unspecified atom stereocenters. The van der Waals surface area contributed by atoms with Crippen LogP contribution in [-0.2, 0) is 5.41 Å². The molecule has 1 aromatic carbocycles. The van der Waals surface area contributed by atoms with Crippen molar-refractivity contribution in [1.82, 2.24) is 10.3 Å². The van der Waals surface area contributed by atoms with E-state index >= 15 is 0 Å². The maximum atomic E-state index is 6.19. The van der Waals surface area contributed by atoms with Crippen molar-refractivity contribution in [3.63, 3.8) is 0 Å². The largest absolute Gasteiger partial charge is 0.360 e. The van der Waals surface area contributed by atoms with Gasteiger partial charge in [-0.25, -0.2) is 0 Å². The number of rotatable bonds is 1. The molecule has 2 fully saturated rings. The van der Waals surface area contributed by atoms with Crippen molar-refractivity contribution in [2.75, 3.05) is 13.1 Å². The molecule has 1 saturated heterocycles. The van der Waals surface area contributed by atoms with Gasteiger partial charge in [-0.3, -0.25) is 0 Å². The SMILES string of the molecule is Clc1cccc2c(C34CNCC3C4)c[nH]c12. The van der Waals surface area contributed by atoms with Crippen LogP contribution in [0.5, 0.6) is 0 Å². The van der Waals surface area contributed by atoms with E-state index in [9.17, 15) is 0 Å². The molecule has 2 nitrogen and oxygen atoms in total. The van der Waals surface area contributed by atoms with Gasteiger partial charge in [0.25, 0.3) is 0 Å². The van der Waals surface area contributed by atoms with Crippen molar-refractivity contribution in [2.45, 2.75) is 11.8 Å². The number of piperidine rings is 1. The first-order chi connectivity index (χ1) is 7.81. The first-order valence-corrected chi connectivity index (χ1v) is 6.16. The Morgan fingerprint density at radius 1 is 1.38 bits per heavy atom. The van der Waals surface area contributed by atoms with Crippen molar-refractivity contribution < 1.29 is 0 Å². The monoisotopic (exact) mass is 232 g/mol. The molecule has 1 aromatic heterocycles. The van der Waals surface area contributed by atoms with Gasteiger partial charge in [0.2, 0.25) is 0 Å². The zero-order valence-electron chi connectivity index (χ0n) is 8.89. The molecule has 2 heterocycles. The van der Waals surface area contributed by atoms with Crippen LogP contribution >= 0.6 is 11.6 Å². The normalized spacial score (nSPS) is 31.9. The zero-order valence-corrected chi connectivity index (χ0v) is 9.64. The molecule has 0 bridgehead atoms. The summed E-state index contributed by atoms with van der Waals surface area (Å²) in [7, 11) is 0. The second-order valence-electron chi connectivity index (χ2n) is 5.05. The Hall–Kier alpha value is -0.990. The molecule has 2 N–H and O–H groups in total. The van der Waals surface area contributed by atoms with Gasteiger partial charge in [0.05, 0.1) is 10.5 Å². The van der Waals surface area contributed by atoms with E-state index in [4.69, 9.17) is 11.6 Å². The topological polar surface area (TPSA) is 27.8 Å². The summed E-state index contributed by atoms with van der Waals surface area (Å²) in [5, 5.41) is 5.61. The maximum absolute atomic E-state index is 6.19. The minimum Gasteiger partial charge on any atom is -0.360 e.